The molecule has 4 rings (SSSR count). The molecule has 0 unspecified atom stereocenters. The normalized spacial score (nSPS) is 21.5. The predicted molar refractivity (Wildman–Crippen MR) is 86.4 cm³/mol. The van der Waals surface area contributed by atoms with Gasteiger partial charge in [-0.05, 0) is 36.1 Å². The van der Waals surface area contributed by atoms with Gasteiger partial charge in [0.25, 0.3) is 0 Å². The van der Waals surface area contributed by atoms with Gasteiger partial charge in [-0.3, -0.25) is 4.79 Å². The van der Waals surface area contributed by atoms with Crippen LogP contribution in [0, 0.1) is 0 Å². The van der Waals surface area contributed by atoms with E-state index in [0.29, 0.717) is 17.6 Å². The van der Waals surface area contributed by atoms with Crippen LogP contribution in [0.1, 0.15) is 80.7 Å². The second kappa shape index (κ2) is 7.28. The lowest BCUT2D eigenvalue weighted by Gasteiger charge is -2.17. The van der Waals surface area contributed by atoms with E-state index in [0.717, 1.165) is 44.5 Å². The number of aryl methyl sites for hydroxylation is 1. The minimum atomic E-state index is -0.321. The maximum absolute atomic E-state index is 12.6. The maximum Gasteiger partial charge on any atom is 0.246 e. The molecule has 1 fully saturated rings. The summed E-state index contributed by atoms with van der Waals surface area (Å²) in [6.45, 7) is 1.01. The van der Waals surface area contributed by atoms with Gasteiger partial charge in [0.1, 0.15) is 0 Å². The number of amides is 1. The van der Waals surface area contributed by atoms with Gasteiger partial charge >= 0.3 is 0 Å². The summed E-state index contributed by atoms with van der Waals surface area (Å²) in [6, 6.07) is 0. The highest BCUT2D eigenvalue weighted by atomic mass is 16.5. The van der Waals surface area contributed by atoms with Crippen molar-refractivity contribution in [1.29, 1.82) is 0 Å². The van der Waals surface area contributed by atoms with Crippen molar-refractivity contribution in [3.63, 3.8) is 0 Å². The Labute approximate surface area is 145 Å². The molecule has 2 aromatic rings. The van der Waals surface area contributed by atoms with Crippen LogP contribution in [0.25, 0.3) is 0 Å². The van der Waals surface area contributed by atoms with Gasteiger partial charge in [-0.2, -0.15) is 4.98 Å². The van der Waals surface area contributed by atoms with Gasteiger partial charge in [0, 0.05) is 12.5 Å². The molecule has 2 aromatic heterocycles. The van der Waals surface area contributed by atoms with Gasteiger partial charge in [0.2, 0.25) is 11.8 Å². The number of carbonyl (C=O) groups is 1. The van der Waals surface area contributed by atoms with Crippen molar-refractivity contribution < 1.29 is 9.32 Å². The lowest BCUT2D eigenvalue weighted by molar-refractivity contribution is -0.123. The molecule has 0 aromatic carbocycles. The summed E-state index contributed by atoms with van der Waals surface area (Å²) in [6.07, 6.45) is 8.68. The second-order valence-corrected chi connectivity index (χ2v) is 6.91. The van der Waals surface area contributed by atoms with Gasteiger partial charge in [-0.1, -0.05) is 30.8 Å². The predicted octanol–water partition coefficient (Wildman–Crippen LogP) is 1.69. The second-order valence-electron chi connectivity index (χ2n) is 6.91. The van der Waals surface area contributed by atoms with Crippen molar-refractivity contribution in [2.45, 2.75) is 76.3 Å². The van der Waals surface area contributed by atoms with E-state index in [-0.39, 0.29) is 18.4 Å². The first kappa shape index (κ1) is 16.2. The summed E-state index contributed by atoms with van der Waals surface area (Å²) >= 11 is 0. The van der Waals surface area contributed by atoms with Crippen LogP contribution in [-0.2, 0) is 17.9 Å². The molecule has 1 aliphatic carbocycles. The topological polar surface area (TPSA) is 112 Å². The van der Waals surface area contributed by atoms with Crippen LogP contribution in [0.15, 0.2) is 4.52 Å². The van der Waals surface area contributed by atoms with E-state index in [4.69, 9.17) is 4.52 Å². The molecule has 0 radical (unpaired) electrons. The lowest BCUT2D eigenvalue weighted by atomic mass is 9.89. The summed E-state index contributed by atoms with van der Waals surface area (Å²) in [5.41, 5.74) is 0. The molecule has 1 saturated carbocycles. The minimum Gasteiger partial charge on any atom is -0.346 e. The van der Waals surface area contributed by atoms with E-state index in [1.54, 1.807) is 4.68 Å². The molecule has 3 heterocycles. The lowest BCUT2D eigenvalue weighted by Crippen LogP contribution is -2.30. The van der Waals surface area contributed by atoms with Crippen molar-refractivity contribution in [2.24, 2.45) is 0 Å². The van der Waals surface area contributed by atoms with Gasteiger partial charge in [0.05, 0.1) is 12.5 Å². The fraction of sp³-hybridized carbons (Fsp3) is 0.750. The van der Waals surface area contributed by atoms with Gasteiger partial charge in [-0.25, -0.2) is 4.68 Å². The zero-order chi connectivity index (χ0) is 17.1. The fourth-order valence-electron chi connectivity index (χ4n) is 3.76. The molecule has 1 amide bonds. The number of fused-ring (bicyclic) bond motifs is 1. The van der Waals surface area contributed by atoms with Crippen LogP contribution < -0.4 is 5.32 Å². The Morgan fingerprint density at radius 2 is 2.00 bits per heavy atom. The molecule has 0 spiro atoms. The Balaban J connectivity index is 1.37. The molecule has 134 valence electrons. The molecule has 2 aliphatic rings. The first-order chi connectivity index (χ1) is 12.3. The largest absolute Gasteiger partial charge is 0.346 e. The highest BCUT2D eigenvalue weighted by molar-refractivity contribution is 5.82. The quantitative estimate of drug-likeness (QED) is 0.897. The fourth-order valence-corrected chi connectivity index (χ4v) is 3.76. The summed E-state index contributed by atoms with van der Waals surface area (Å²) < 4.78 is 7.04. The van der Waals surface area contributed by atoms with Crippen molar-refractivity contribution in [1.82, 2.24) is 35.7 Å². The van der Waals surface area contributed by atoms with E-state index < -0.39 is 0 Å². The first-order valence-electron chi connectivity index (χ1n) is 9.17. The Morgan fingerprint density at radius 1 is 1.16 bits per heavy atom. The average molecular weight is 345 g/mol. The number of tetrazole rings is 1. The molecule has 0 saturated heterocycles. The van der Waals surface area contributed by atoms with Crippen LogP contribution in [-0.4, -0.2) is 36.3 Å². The van der Waals surface area contributed by atoms with E-state index in [2.05, 4.69) is 31.0 Å². The number of hydrogen-bond donors (Lipinski definition) is 1. The molecule has 9 nitrogen and oxygen atoms in total. The third-order valence-electron chi connectivity index (χ3n) is 5.17. The van der Waals surface area contributed by atoms with Crippen LogP contribution in [0.2, 0.25) is 0 Å². The van der Waals surface area contributed by atoms with Crippen LogP contribution in [0.5, 0.6) is 0 Å². The number of nitrogens with zero attached hydrogens (tertiary/aromatic N) is 6. The third kappa shape index (κ3) is 3.54. The highest BCUT2D eigenvalue weighted by Gasteiger charge is 2.28. The third-order valence-corrected chi connectivity index (χ3v) is 5.17. The monoisotopic (exact) mass is 345 g/mol. The number of aromatic nitrogens is 6. The van der Waals surface area contributed by atoms with Crippen molar-refractivity contribution in [3.8, 4) is 0 Å². The minimum absolute atomic E-state index is 0.0876. The Bertz CT molecular complexity index is 720. The Morgan fingerprint density at radius 3 is 2.88 bits per heavy atom. The molecule has 1 N–H and O–H groups in total. The molecule has 25 heavy (non-hydrogen) atoms. The van der Waals surface area contributed by atoms with Gasteiger partial charge < -0.3 is 9.84 Å². The highest BCUT2D eigenvalue weighted by Crippen LogP contribution is 2.30. The standard InChI is InChI=1S/C16H23N7O2/c24-16(12-8-4-5-9-23-15(12)19-21-22-23)17-10-13-18-14(20-25-13)11-6-2-1-3-7-11/h11-12H,1-10H2,(H,17,24)/t12-/m0/s1. The van der Waals surface area contributed by atoms with Gasteiger partial charge in [-0.15, -0.1) is 5.10 Å². The van der Waals surface area contributed by atoms with Crippen LogP contribution >= 0.6 is 0 Å². The van der Waals surface area contributed by atoms with Gasteiger partial charge in [0.15, 0.2) is 11.6 Å². The SMILES string of the molecule is O=C(NCc1nc(C2CCCCC2)no1)[C@H]1CCCCn2nnnc21. The summed E-state index contributed by atoms with van der Waals surface area (Å²) in [4.78, 5) is 17.0. The van der Waals surface area contributed by atoms with Crippen LogP contribution in [0.4, 0.5) is 0 Å². The maximum atomic E-state index is 12.6. The molecule has 1 atom stereocenters. The van der Waals surface area contributed by atoms with Crippen molar-refractivity contribution in [2.75, 3.05) is 0 Å². The Kier molecular flexibility index (Phi) is 4.71. The van der Waals surface area contributed by atoms with Crippen molar-refractivity contribution in [3.05, 3.63) is 17.5 Å². The van der Waals surface area contributed by atoms with Crippen LogP contribution in [0.3, 0.4) is 0 Å². The molecular weight excluding hydrogens is 322 g/mol. The van der Waals surface area contributed by atoms with E-state index >= 15 is 0 Å². The van der Waals surface area contributed by atoms with Crippen molar-refractivity contribution >= 4 is 5.91 Å². The molecule has 9 heteroatoms. The molecule has 1 aliphatic heterocycles. The zero-order valence-corrected chi connectivity index (χ0v) is 14.2. The Hall–Kier alpha value is -2.32. The average Bonchev–Trinajstić information content (AvgIpc) is 3.26. The smallest absolute Gasteiger partial charge is 0.246 e. The number of carbonyl (C=O) groups excluding carboxylic acids is 1. The number of nitrogens with one attached hydrogen (secondary N) is 1. The van der Waals surface area contributed by atoms with E-state index in [9.17, 15) is 4.79 Å². The molecule has 0 bridgehead atoms. The van der Waals surface area contributed by atoms with E-state index in [1.807, 2.05) is 0 Å². The summed E-state index contributed by atoms with van der Waals surface area (Å²) in [5.74, 6) is 1.87. The number of hydrogen-bond acceptors (Lipinski definition) is 7. The zero-order valence-electron chi connectivity index (χ0n) is 14.2. The van der Waals surface area contributed by atoms with E-state index in [1.165, 1.54) is 19.3 Å². The molecular formula is C16H23N7O2. The summed E-state index contributed by atoms with van der Waals surface area (Å²) in [7, 11) is 0. The first-order valence-corrected chi connectivity index (χ1v) is 9.17. The summed E-state index contributed by atoms with van der Waals surface area (Å²) in [5, 5.41) is 18.7. The number of rotatable bonds is 4.